The van der Waals surface area contributed by atoms with E-state index in [9.17, 15) is 0 Å². The molecule has 0 aliphatic carbocycles. The van der Waals surface area contributed by atoms with Crippen molar-refractivity contribution < 1.29 is 9.26 Å². The molecule has 0 aliphatic rings. The molecule has 10 nitrogen and oxygen atoms in total. The molecule has 0 saturated heterocycles. The van der Waals surface area contributed by atoms with Crippen LogP contribution in [0.2, 0.25) is 0 Å². The van der Waals surface area contributed by atoms with Crippen LogP contribution in [0.15, 0.2) is 29.1 Å². The van der Waals surface area contributed by atoms with Crippen LogP contribution in [0.4, 0.5) is 0 Å². The number of aromatic nitrogens is 8. The van der Waals surface area contributed by atoms with Crippen LogP contribution in [-0.2, 0) is 20.1 Å². The lowest BCUT2D eigenvalue weighted by molar-refractivity contribution is 0.278. The Morgan fingerprint density at radius 2 is 2.19 bits per heavy atom. The fourth-order valence-electron chi connectivity index (χ4n) is 2.61. The SMILES string of the molecule is CCCCc1cc(OCc2cnnn2C)nn2c(-c3ccon3)nnc12. The normalized spacial score (nSPS) is 11.3. The summed E-state index contributed by atoms with van der Waals surface area (Å²) in [4.78, 5) is 0. The number of ether oxygens (including phenoxy) is 1. The first kappa shape index (κ1) is 16.2. The standard InChI is InChI=1S/C16H18N8O2/c1-3-4-5-11-8-14(25-10-12-9-17-22-23(12)2)20-24-15(11)18-19-16(24)13-6-7-26-21-13/h6-9H,3-5,10H2,1-2H3. The minimum Gasteiger partial charge on any atom is -0.470 e. The molecule has 0 aromatic carbocycles. The van der Waals surface area contributed by atoms with Crippen LogP contribution in [0, 0.1) is 0 Å². The summed E-state index contributed by atoms with van der Waals surface area (Å²) in [6.07, 6.45) is 6.13. The van der Waals surface area contributed by atoms with E-state index in [2.05, 4.69) is 37.7 Å². The first-order chi connectivity index (χ1) is 12.8. The third-order valence-electron chi connectivity index (χ3n) is 4.07. The Kier molecular flexibility index (Phi) is 4.30. The maximum atomic E-state index is 5.87. The molecule has 4 rings (SSSR count). The van der Waals surface area contributed by atoms with Gasteiger partial charge >= 0.3 is 0 Å². The van der Waals surface area contributed by atoms with E-state index < -0.39 is 0 Å². The average Bonchev–Trinajstić information content (AvgIpc) is 3.38. The first-order valence-electron chi connectivity index (χ1n) is 8.38. The van der Waals surface area contributed by atoms with Crippen molar-refractivity contribution in [2.75, 3.05) is 0 Å². The van der Waals surface area contributed by atoms with E-state index in [4.69, 9.17) is 9.26 Å². The van der Waals surface area contributed by atoms with Crippen molar-refractivity contribution in [3.8, 4) is 17.4 Å². The summed E-state index contributed by atoms with van der Waals surface area (Å²) >= 11 is 0. The lowest BCUT2D eigenvalue weighted by atomic mass is 10.1. The Balaban J connectivity index is 1.72. The zero-order valence-corrected chi connectivity index (χ0v) is 14.5. The molecule has 0 aliphatic heterocycles. The van der Waals surface area contributed by atoms with Gasteiger partial charge in [0.05, 0.1) is 11.9 Å². The van der Waals surface area contributed by atoms with E-state index in [0.717, 1.165) is 30.5 Å². The predicted molar refractivity (Wildman–Crippen MR) is 90.2 cm³/mol. The Bertz CT molecular complexity index is 1000. The molecule has 4 aromatic rings. The minimum atomic E-state index is 0.316. The predicted octanol–water partition coefficient (Wildman–Crippen LogP) is 1.83. The fraction of sp³-hybridized carbons (Fsp3) is 0.375. The Hall–Kier alpha value is -3.30. The van der Waals surface area contributed by atoms with Gasteiger partial charge in [-0.05, 0) is 12.8 Å². The number of nitrogens with zero attached hydrogens (tertiary/aromatic N) is 8. The third-order valence-corrected chi connectivity index (χ3v) is 4.07. The van der Waals surface area contributed by atoms with Crippen LogP contribution in [0.3, 0.4) is 0 Å². The molecule has 0 unspecified atom stereocenters. The van der Waals surface area contributed by atoms with Crippen LogP contribution in [0.25, 0.3) is 17.2 Å². The van der Waals surface area contributed by atoms with Crippen molar-refractivity contribution in [2.45, 2.75) is 32.8 Å². The molecular formula is C16H18N8O2. The molecule has 0 bridgehead atoms. The smallest absolute Gasteiger partial charge is 0.232 e. The van der Waals surface area contributed by atoms with Gasteiger partial charge in [-0.3, -0.25) is 0 Å². The van der Waals surface area contributed by atoms with E-state index in [1.807, 2.05) is 13.1 Å². The van der Waals surface area contributed by atoms with Crippen LogP contribution >= 0.6 is 0 Å². The maximum absolute atomic E-state index is 5.87. The molecule has 0 spiro atoms. The summed E-state index contributed by atoms with van der Waals surface area (Å²) < 4.78 is 14.1. The molecular weight excluding hydrogens is 336 g/mol. The lowest BCUT2D eigenvalue weighted by Crippen LogP contribution is -2.07. The maximum Gasteiger partial charge on any atom is 0.232 e. The number of hydrogen-bond acceptors (Lipinski definition) is 8. The number of aryl methyl sites for hydroxylation is 2. The van der Waals surface area contributed by atoms with Gasteiger partial charge in [-0.25, -0.2) is 4.68 Å². The summed E-state index contributed by atoms with van der Waals surface area (Å²) in [6.45, 7) is 2.46. The van der Waals surface area contributed by atoms with E-state index in [0.29, 0.717) is 29.7 Å². The Labute approximate surface area is 148 Å². The van der Waals surface area contributed by atoms with Crippen molar-refractivity contribution in [2.24, 2.45) is 7.05 Å². The molecule has 0 atom stereocenters. The van der Waals surface area contributed by atoms with Gasteiger partial charge in [0.2, 0.25) is 11.7 Å². The molecule has 134 valence electrons. The topological polar surface area (TPSA) is 109 Å². The van der Waals surface area contributed by atoms with Gasteiger partial charge in [0.15, 0.2) is 11.3 Å². The second kappa shape index (κ2) is 6.90. The van der Waals surface area contributed by atoms with Gasteiger partial charge in [0.25, 0.3) is 0 Å². The van der Waals surface area contributed by atoms with Gasteiger partial charge in [-0.15, -0.1) is 20.4 Å². The molecule has 0 fully saturated rings. The molecule has 4 heterocycles. The molecule has 0 amide bonds. The monoisotopic (exact) mass is 354 g/mol. The van der Waals surface area contributed by atoms with Crippen molar-refractivity contribution in [1.29, 1.82) is 0 Å². The fourth-order valence-corrected chi connectivity index (χ4v) is 2.61. The highest BCUT2D eigenvalue weighted by atomic mass is 16.5. The minimum absolute atomic E-state index is 0.316. The quantitative estimate of drug-likeness (QED) is 0.494. The van der Waals surface area contributed by atoms with Gasteiger partial charge < -0.3 is 9.26 Å². The second-order valence-corrected chi connectivity index (χ2v) is 5.89. The highest BCUT2D eigenvalue weighted by Crippen LogP contribution is 2.22. The van der Waals surface area contributed by atoms with Gasteiger partial charge in [0, 0.05) is 24.7 Å². The number of unbranched alkanes of at least 4 members (excludes halogenated alkanes) is 1. The summed E-state index contributed by atoms with van der Waals surface area (Å²) in [6, 6.07) is 3.63. The van der Waals surface area contributed by atoms with Gasteiger partial charge in [-0.2, -0.15) is 4.52 Å². The van der Waals surface area contributed by atoms with Gasteiger partial charge in [-0.1, -0.05) is 23.7 Å². The number of hydrogen-bond donors (Lipinski definition) is 0. The van der Waals surface area contributed by atoms with Gasteiger partial charge in [0.1, 0.15) is 12.9 Å². The molecule has 4 aromatic heterocycles. The second-order valence-electron chi connectivity index (χ2n) is 5.89. The number of fused-ring (bicyclic) bond motifs is 1. The number of rotatable bonds is 7. The third kappa shape index (κ3) is 3.01. The highest BCUT2D eigenvalue weighted by Gasteiger charge is 2.17. The summed E-state index contributed by atoms with van der Waals surface area (Å²) in [5, 5.41) is 24.7. The molecule has 0 N–H and O–H groups in total. The van der Waals surface area contributed by atoms with E-state index >= 15 is 0 Å². The van der Waals surface area contributed by atoms with Crippen molar-refractivity contribution in [3.05, 3.63) is 35.9 Å². The molecule has 10 heteroatoms. The lowest BCUT2D eigenvalue weighted by Gasteiger charge is -2.09. The molecule has 0 saturated carbocycles. The first-order valence-corrected chi connectivity index (χ1v) is 8.38. The summed E-state index contributed by atoms with van der Waals surface area (Å²) in [5.74, 6) is 0.994. The van der Waals surface area contributed by atoms with Crippen molar-refractivity contribution in [3.63, 3.8) is 0 Å². The van der Waals surface area contributed by atoms with E-state index in [-0.39, 0.29) is 0 Å². The average molecular weight is 354 g/mol. The zero-order chi connectivity index (χ0) is 17.9. The van der Waals surface area contributed by atoms with E-state index in [1.165, 1.54) is 6.26 Å². The Morgan fingerprint density at radius 3 is 2.92 bits per heavy atom. The zero-order valence-electron chi connectivity index (χ0n) is 14.5. The van der Waals surface area contributed by atoms with Crippen molar-refractivity contribution in [1.82, 2.24) is 40.0 Å². The Morgan fingerprint density at radius 1 is 1.27 bits per heavy atom. The van der Waals surface area contributed by atoms with Crippen LogP contribution < -0.4 is 4.74 Å². The molecule has 26 heavy (non-hydrogen) atoms. The summed E-state index contributed by atoms with van der Waals surface area (Å²) in [7, 11) is 1.82. The highest BCUT2D eigenvalue weighted by molar-refractivity contribution is 5.57. The largest absolute Gasteiger partial charge is 0.470 e. The van der Waals surface area contributed by atoms with E-state index in [1.54, 1.807) is 21.5 Å². The van der Waals surface area contributed by atoms with Crippen LogP contribution in [-0.4, -0.2) is 40.0 Å². The van der Waals surface area contributed by atoms with Crippen molar-refractivity contribution >= 4 is 5.65 Å². The molecule has 0 radical (unpaired) electrons. The van der Waals surface area contributed by atoms with Crippen LogP contribution in [0.5, 0.6) is 5.88 Å². The van der Waals surface area contributed by atoms with Crippen LogP contribution in [0.1, 0.15) is 31.0 Å². The summed E-state index contributed by atoms with van der Waals surface area (Å²) in [5.41, 5.74) is 3.15.